The molecule has 1 aromatic heterocycles. The second-order valence-electron chi connectivity index (χ2n) is 3.44. The predicted octanol–water partition coefficient (Wildman–Crippen LogP) is 1.01. The summed E-state index contributed by atoms with van der Waals surface area (Å²) in [4.78, 5) is 12.6. The van der Waals surface area contributed by atoms with Crippen molar-refractivity contribution < 1.29 is 18.0 Å². The summed E-state index contributed by atoms with van der Waals surface area (Å²) in [7, 11) is 4.35. The number of carbonyl (C=O) groups excluding carboxylic acids is 1. The van der Waals surface area contributed by atoms with Crippen LogP contribution in [0.25, 0.3) is 0 Å². The molecule has 0 bridgehead atoms. The zero-order chi connectivity index (χ0) is 13.2. The van der Waals surface area contributed by atoms with Gasteiger partial charge in [-0.15, -0.1) is 10.2 Å². The number of amides is 1. The summed E-state index contributed by atoms with van der Waals surface area (Å²) in [5.74, 6) is -1.25. The maximum atomic E-state index is 12.4. The fourth-order valence-electron chi connectivity index (χ4n) is 0.943. The van der Waals surface area contributed by atoms with E-state index < -0.39 is 12.0 Å². The first kappa shape index (κ1) is 13.8. The Bertz CT molecular complexity index is 415. The van der Waals surface area contributed by atoms with E-state index in [0.29, 0.717) is 0 Å². The first-order valence-electron chi connectivity index (χ1n) is 4.53. The van der Waals surface area contributed by atoms with Gasteiger partial charge in [0.05, 0.1) is 5.75 Å². The molecule has 0 fully saturated rings. The lowest BCUT2D eigenvalue weighted by atomic mass is 10.6. The number of halogens is 3. The molecule has 0 aliphatic carbocycles. The third-order valence-electron chi connectivity index (χ3n) is 1.91. The minimum absolute atomic E-state index is 0.0246. The SMILES string of the molecule is CN(C)C(=O)CSc1nnc(C(F)(F)F)n1C. The van der Waals surface area contributed by atoms with E-state index >= 15 is 0 Å². The van der Waals surface area contributed by atoms with Crippen molar-refractivity contribution in [3.8, 4) is 0 Å². The Morgan fingerprint density at radius 1 is 1.41 bits per heavy atom. The van der Waals surface area contributed by atoms with E-state index in [2.05, 4.69) is 10.2 Å². The van der Waals surface area contributed by atoms with Crippen LogP contribution < -0.4 is 0 Å². The largest absolute Gasteiger partial charge is 0.451 e. The van der Waals surface area contributed by atoms with Gasteiger partial charge in [0, 0.05) is 21.1 Å². The zero-order valence-electron chi connectivity index (χ0n) is 9.45. The van der Waals surface area contributed by atoms with E-state index in [-0.39, 0.29) is 16.8 Å². The van der Waals surface area contributed by atoms with E-state index in [1.165, 1.54) is 11.9 Å². The van der Waals surface area contributed by atoms with Crippen LogP contribution in [0.15, 0.2) is 5.16 Å². The predicted molar refractivity (Wildman–Crippen MR) is 55.4 cm³/mol. The van der Waals surface area contributed by atoms with Crippen LogP contribution in [0.1, 0.15) is 5.82 Å². The number of rotatable bonds is 3. The molecule has 0 spiro atoms. The molecule has 0 unspecified atom stereocenters. The minimum atomic E-state index is -4.54. The molecule has 0 radical (unpaired) electrons. The molecule has 5 nitrogen and oxygen atoms in total. The molecular weight excluding hydrogens is 257 g/mol. The minimum Gasteiger partial charge on any atom is -0.348 e. The third-order valence-corrected chi connectivity index (χ3v) is 2.92. The van der Waals surface area contributed by atoms with E-state index in [4.69, 9.17) is 0 Å². The fourth-order valence-corrected chi connectivity index (χ4v) is 1.83. The summed E-state index contributed by atoms with van der Waals surface area (Å²) in [6.07, 6.45) is -4.54. The molecule has 96 valence electrons. The Labute approximate surface area is 100.0 Å². The van der Waals surface area contributed by atoms with Crippen molar-refractivity contribution in [1.29, 1.82) is 0 Å². The summed E-state index contributed by atoms with van der Waals surface area (Å²) in [6, 6.07) is 0. The Kier molecular flexibility index (Phi) is 4.02. The highest BCUT2D eigenvalue weighted by molar-refractivity contribution is 7.99. The lowest BCUT2D eigenvalue weighted by molar-refractivity contribution is -0.147. The molecular formula is C8H11F3N4OS. The standard InChI is InChI=1S/C8H11F3N4OS/c1-14(2)5(16)4-17-7-13-12-6(15(7)3)8(9,10)11/h4H2,1-3H3. The van der Waals surface area contributed by atoms with Crippen molar-refractivity contribution >= 4 is 17.7 Å². The summed E-state index contributed by atoms with van der Waals surface area (Å²) >= 11 is 0.919. The maximum absolute atomic E-state index is 12.4. The summed E-state index contributed by atoms with van der Waals surface area (Å²) in [6.45, 7) is 0. The van der Waals surface area contributed by atoms with Crippen LogP contribution in [-0.2, 0) is 18.0 Å². The Hall–Kier alpha value is -1.25. The molecule has 0 saturated heterocycles. The van der Waals surface area contributed by atoms with Crippen molar-refractivity contribution in [2.75, 3.05) is 19.8 Å². The first-order valence-corrected chi connectivity index (χ1v) is 5.51. The third kappa shape index (κ3) is 3.35. The van der Waals surface area contributed by atoms with Gasteiger partial charge in [0.25, 0.3) is 0 Å². The highest BCUT2D eigenvalue weighted by Crippen LogP contribution is 2.29. The van der Waals surface area contributed by atoms with E-state index in [1.54, 1.807) is 14.1 Å². The second-order valence-corrected chi connectivity index (χ2v) is 4.38. The first-order chi connectivity index (χ1) is 7.73. The lowest BCUT2D eigenvalue weighted by Crippen LogP contribution is -2.23. The molecule has 1 heterocycles. The smallest absolute Gasteiger partial charge is 0.348 e. The second kappa shape index (κ2) is 4.94. The van der Waals surface area contributed by atoms with Crippen LogP contribution >= 0.6 is 11.8 Å². The number of alkyl halides is 3. The molecule has 0 aromatic carbocycles. The van der Waals surface area contributed by atoms with E-state index in [1.807, 2.05) is 0 Å². The molecule has 1 rings (SSSR count). The molecule has 0 aliphatic rings. The lowest BCUT2D eigenvalue weighted by Gasteiger charge is -2.09. The monoisotopic (exact) mass is 268 g/mol. The van der Waals surface area contributed by atoms with Crippen molar-refractivity contribution in [3.05, 3.63) is 5.82 Å². The van der Waals surface area contributed by atoms with Crippen LogP contribution in [0.4, 0.5) is 13.2 Å². The van der Waals surface area contributed by atoms with Gasteiger partial charge in [-0.25, -0.2) is 0 Å². The van der Waals surface area contributed by atoms with Crippen molar-refractivity contribution in [1.82, 2.24) is 19.7 Å². The number of aromatic nitrogens is 3. The van der Waals surface area contributed by atoms with Crippen LogP contribution in [0, 0.1) is 0 Å². The Balaban J connectivity index is 2.75. The highest BCUT2D eigenvalue weighted by Gasteiger charge is 2.37. The summed E-state index contributed by atoms with van der Waals surface area (Å²) < 4.78 is 38.0. The van der Waals surface area contributed by atoms with Crippen molar-refractivity contribution in [2.45, 2.75) is 11.3 Å². The zero-order valence-corrected chi connectivity index (χ0v) is 10.3. The average Bonchev–Trinajstić information content (AvgIpc) is 2.55. The van der Waals surface area contributed by atoms with Crippen LogP contribution in [-0.4, -0.2) is 45.4 Å². The number of hydrogen-bond donors (Lipinski definition) is 0. The Morgan fingerprint density at radius 2 is 2.00 bits per heavy atom. The molecule has 17 heavy (non-hydrogen) atoms. The van der Waals surface area contributed by atoms with Crippen molar-refractivity contribution in [2.24, 2.45) is 7.05 Å². The fraction of sp³-hybridized carbons (Fsp3) is 0.625. The molecule has 1 amide bonds. The van der Waals surface area contributed by atoms with Gasteiger partial charge in [-0.05, 0) is 0 Å². The number of thioether (sulfide) groups is 1. The van der Waals surface area contributed by atoms with Crippen LogP contribution in [0.3, 0.4) is 0 Å². The molecule has 9 heteroatoms. The number of nitrogens with zero attached hydrogens (tertiary/aromatic N) is 4. The highest BCUT2D eigenvalue weighted by atomic mass is 32.2. The van der Waals surface area contributed by atoms with Gasteiger partial charge >= 0.3 is 6.18 Å². The van der Waals surface area contributed by atoms with Gasteiger partial charge in [0.2, 0.25) is 11.7 Å². The van der Waals surface area contributed by atoms with Gasteiger partial charge in [-0.3, -0.25) is 4.79 Å². The average molecular weight is 268 g/mol. The molecule has 1 aromatic rings. The molecule has 0 N–H and O–H groups in total. The van der Waals surface area contributed by atoms with Gasteiger partial charge in [0.15, 0.2) is 5.16 Å². The van der Waals surface area contributed by atoms with Gasteiger partial charge in [0.1, 0.15) is 0 Å². The molecule has 0 saturated carbocycles. The topological polar surface area (TPSA) is 51.0 Å². The summed E-state index contributed by atoms with van der Waals surface area (Å²) in [5.41, 5.74) is 0. The normalized spacial score (nSPS) is 11.6. The summed E-state index contributed by atoms with van der Waals surface area (Å²) in [5, 5.41) is 6.51. The maximum Gasteiger partial charge on any atom is 0.451 e. The van der Waals surface area contributed by atoms with Gasteiger partial charge in [-0.1, -0.05) is 11.8 Å². The Morgan fingerprint density at radius 3 is 2.41 bits per heavy atom. The number of carbonyl (C=O) groups is 1. The molecule has 0 aliphatic heterocycles. The number of hydrogen-bond acceptors (Lipinski definition) is 4. The van der Waals surface area contributed by atoms with E-state index in [0.717, 1.165) is 16.3 Å². The van der Waals surface area contributed by atoms with Crippen molar-refractivity contribution in [3.63, 3.8) is 0 Å². The van der Waals surface area contributed by atoms with Gasteiger partial charge in [-0.2, -0.15) is 13.2 Å². The quantitative estimate of drug-likeness (QED) is 0.768. The van der Waals surface area contributed by atoms with Gasteiger partial charge < -0.3 is 9.47 Å². The van der Waals surface area contributed by atoms with Crippen LogP contribution in [0.5, 0.6) is 0 Å². The van der Waals surface area contributed by atoms with E-state index in [9.17, 15) is 18.0 Å². The molecule has 0 atom stereocenters. The van der Waals surface area contributed by atoms with Crippen LogP contribution in [0.2, 0.25) is 0 Å².